The van der Waals surface area contributed by atoms with Gasteiger partial charge in [0.25, 0.3) is 5.56 Å². The zero-order valence-corrected chi connectivity index (χ0v) is 12.7. The molecule has 21 heavy (non-hydrogen) atoms. The molecule has 0 saturated heterocycles. The van der Waals surface area contributed by atoms with Crippen molar-refractivity contribution in [2.45, 2.75) is 26.4 Å². The summed E-state index contributed by atoms with van der Waals surface area (Å²) >= 11 is 1.63. The van der Waals surface area contributed by atoms with Gasteiger partial charge in [0.05, 0.1) is 23.5 Å². The number of thiazole rings is 1. The Kier molecular flexibility index (Phi) is 3.81. The molecule has 0 aliphatic rings. The van der Waals surface area contributed by atoms with Gasteiger partial charge in [0.2, 0.25) is 0 Å². The Labute approximate surface area is 126 Å². The first-order valence-corrected chi connectivity index (χ1v) is 7.65. The zero-order chi connectivity index (χ0) is 14.8. The topological polar surface area (TPSA) is 70.7 Å². The normalized spacial score (nSPS) is 12.7. The van der Waals surface area contributed by atoms with Crippen molar-refractivity contribution in [2.24, 2.45) is 0 Å². The SMILES string of the molecule is Cc1csc(C(C)NCc2nc3ccccc3c(=O)[nH]2)n1. The number of hydrogen-bond donors (Lipinski definition) is 2. The van der Waals surface area contributed by atoms with Crippen molar-refractivity contribution in [3.05, 3.63) is 56.5 Å². The maximum Gasteiger partial charge on any atom is 0.258 e. The van der Waals surface area contributed by atoms with Gasteiger partial charge in [-0.2, -0.15) is 0 Å². The minimum atomic E-state index is -0.102. The highest BCUT2D eigenvalue weighted by Crippen LogP contribution is 2.17. The first-order chi connectivity index (χ1) is 10.1. The van der Waals surface area contributed by atoms with Gasteiger partial charge in [-0.1, -0.05) is 12.1 Å². The van der Waals surface area contributed by atoms with E-state index in [1.165, 1.54) is 0 Å². The minimum absolute atomic E-state index is 0.102. The van der Waals surface area contributed by atoms with Crippen LogP contribution in [0.15, 0.2) is 34.4 Å². The molecule has 1 aromatic carbocycles. The van der Waals surface area contributed by atoms with Crippen LogP contribution in [0, 0.1) is 6.92 Å². The van der Waals surface area contributed by atoms with Crippen LogP contribution in [0.2, 0.25) is 0 Å². The number of fused-ring (bicyclic) bond motifs is 1. The summed E-state index contributed by atoms with van der Waals surface area (Å²) in [5.41, 5.74) is 1.65. The average Bonchev–Trinajstić information content (AvgIpc) is 2.91. The molecule has 0 amide bonds. The number of rotatable bonds is 4. The van der Waals surface area contributed by atoms with Gasteiger partial charge in [-0.25, -0.2) is 9.97 Å². The van der Waals surface area contributed by atoms with Crippen molar-refractivity contribution in [3.63, 3.8) is 0 Å². The predicted octanol–water partition coefficient (Wildman–Crippen LogP) is 2.54. The monoisotopic (exact) mass is 300 g/mol. The van der Waals surface area contributed by atoms with E-state index in [-0.39, 0.29) is 11.6 Å². The summed E-state index contributed by atoms with van der Waals surface area (Å²) in [6.07, 6.45) is 0. The highest BCUT2D eigenvalue weighted by Gasteiger charge is 2.10. The van der Waals surface area contributed by atoms with Crippen LogP contribution in [0.5, 0.6) is 0 Å². The quantitative estimate of drug-likeness (QED) is 0.777. The third-order valence-corrected chi connectivity index (χ3v) is 4.39. The Bertz CT molecular complexity index is 824. The van der Waals surface area contributed by atoms with Crippen molar-refractivity contribution in [1.29, 1.82) is 0 Å². The van der Waals surface area contributed by atoms with Crippen molar-refractivity contribution in [2.75, 3.05) is 0 Å². The summed E-state index contributed by atoms with van der Waals surface area (Å²) < 4.78 is 0. The van der Waals surface area contributed by atoms with Crippen LogP contribution >= 0.6 is 11.3 Å². The standard InChI is InChI=1S/C15H16N4OS/c1-9-8-21-15(17-9)10(2)16-7-13-18-12-6-4-3-5-11(12)14(20)19-13/h3-6,8,10,16H,7H2,1-2H3,(H,18,19,20). The van der Waals surface area contributed by atoms with Gasteiger partial charge < -0.3 is 10.3 Å². The lowest BCUT2D eigenvalue weighted by Gasteiger charge is -2.10. The van der Waals surface area contributed by atoms with Crippen LogP contribution in [-0.4, -0.2) is 15.0 Å². The number of aromatic nitrogens is 3. The summed E-state index contributed by atoms with van der Waals surface area (Å²) in [5, 5.41) is 7.02. The number of hydrogen-bond acceptors (Lipinski definition) is 5. The molecule has 1 atom stereocenters. The van der Waals surface area contributed by atoms with E-state index in [1.54, 1.807) is 17.4 Å². The lowest BCUT2D eigenvalue weighted by Crippen LogP contribution is -2.22. The lowest BCUT2D eigenvalue weighted by atomic mass is 10.2. The number of nitrogens with one attached hydrogen (secondary N) is 2. The molecular weight excluding hydrogens is 284 g/mol. The zero-order valence-electron chi connectivity index (χ0n) is 11.9. The fourth-order valence-electron chi connectivity index (χ4n) is 2.13. The molecule has 0 radical (unpaired) electrons. The van der Waals surface area contributed by atoms with E-state index in [9.17, 15) is 4.79 Å². The first kappa shape index (κ1) is 13.9. The maximum absolute atomic E-state index is 12.0. The van der Waals surface area contributed by atoms with E-state index < -0.39 is 0 Å². The van der Waals surface area contributed by atoms with Crippen LogP contribution in [0.25, 0.3) is 10.9 Å². The highest BCUT2D eigenvalue weighted by molar-refractivity contribution is 7.09. The molecule has 0 aliphatic carbocycles. The van der Waals surface area contributed by atoms with Gasteiger partial charge in [-0.15, -0.1) is 11.3 Å². The fraction of sp³-hybridized carbons (Fsp3) is 0.267. The van der Waals surface area contributed by atoms with Crippen LogP contribution in [0.1, 0.15) is 29.5 Å². The summed E-state index contributed by atoms with van der Waals surface area (Å²) in [4.78, 5) is 23.7. The van der Waals surface area contributed by atoms with Gasteiger partial charge in [0.1, 0.15) is 10.8 Å². The molecule has 2 N–H and O–H groups in total. The Hall–Kier alpha value is -2.05. The van der Waals surface area contributed by atoms with Crippen LogP contribution < -0.4 is 10.9 Å². The molecule has 3 rings (SSSR count). The molecule has 108 valence electrons. The van der Waals surface area contributed by atoms with E-state index in [0.717, 1.165) is 16.2 Å². The van der Waals surface area contributed by atoms with E-state index in [2.05, 4.69) is 27.2 Å². The molecule has 0 bridgehead atoms. The second-order valence-corrected chi connectivity index (χ2v) is 5.85. The van der Waals surface area contributed by atoms with Crippen molar-refractivity contribution < 1.29 is 0 Å². The number of H-pyrrole nitrogens is 1. The van der Waals surface area contributed by atoms with E-state index in [1.807, 2.05) is 30.5 Å². The third-order valence-electron chi connectivity index (χ3n) is 3.24. The van der Waals surface area contributed by atoms with E-state index in [4.69, 9.17) is 0 Å². The Morgan fingerprint density at radius 2 is 2.14 bits per heavy atom. The molecule has 6 heteroatoms. The number of nitrogens with zero attached hydrogens (tertiary/aromatic N) is 2. The second kappa shape index (κ2) is 5.75. The summed E-state index contributed by atoms with van der Waals surface area (Å²) in [7, 11) is 0. The van der Waals surface area contributed by atoms with Gasteiger partial charge in [0, 0.05) is 11.1 Å². The number of benzene rings is 1. The van der Waals surface area contributed by atoms with Crippen molar-refractivity contribution >= 4 is 22.2 Å². The Morgan fingerprint density at radius 1 is 1.33 bits per heavy atom. The van der Waals surface area contributed by atoms with Gasteiger partial charge in [-0.05, 0) is 26.0 Å². The molecule has 3 aromatic rings. The number of aromatic amines is 1. The Morgan fingerprint density at radius 3 is 2.90 bits per heavy atom. The smallest absolute Gasteiger partial charge is 0.258 e. The van der Waals surface area contributed by atoms with Crippen LogP contribution in [-0.2, 0) is 6.54 Å². The second-order valence-electron chi connectivity index (χ2n) is 4.96. The molecule has 1 unspecified atom stereocenters. The minimum Gasteiger partial charge on any atom is -0.309 e. The molecule has 2 heterocycles. The lowest BCUT2D eigenvalue weighted by molar-refractivity contribution is 0.556. The van der Waals surface area contributed by atoms with Crippen molar-refractivity contribution in [1.82, 2.24) is 20.3 Å². The molecule has 2 aromatic heterocycles. The van der Waals surface area contributed by atoms with Gasteiger partial charge >= 0.3 is 0 Å². The molecular formula is C15H16N4OS. The molecule has 5 nitrogen and oxygen atoms in total. The van der Waals surface area contributed by atoms with Gasteiger partial charge in [-0.3, -0.25) is 4.79 Å². The average molecular weight is 300 g/mol. The molecule has 0 saturated carbocycles. The van der Waals surface area contributed by atoms with E-state index >= 15 is 0 Å². The highest BCUT2D eigenvalue weighted by atomic mass is 32.1. The molecule has 0 aliphatic heterocycles. The largest absolute Gasteiger partial charge is 0.309 e. The van der Waals surface area contributed by atoms with Crippen LogP contribution in [0.4, 0.5) is 0 Å². The summed E-state index contributed by atoms with van der Waals surface area (Å²) in [5.74, 6) is 0.638. The van der Waals surface area contributed by atoms with E-state index in [0.29, 0.717) is 17.8 Å². The number of para-hydroxylation sites is 1. The first-order valence-electron chi connectivity index (χ1n) is 6.77. The maximum atomic E-state index is 12.0. The Balaban J connectivity index is 1.77. The van der Waals surface area contributed by atoms with Gasteiger partial charge in [0.15, 0.2) is 0 Å². The molecule has 0 spiro atoms. The fourth-order valence-corrected chi connectivity index (χ4v) is 2.95. The van der Waals surface area contributed by atoms with Crippen molar-refractivity contribution in [3.8, 4) is 0 Å². The predicted molar refractivity (Wildman–Crippen MR) is 84.5 cm³/mol. The molecule has 0 fully saturated rings. The van der Waals surface area contributed by atoms with Crippen LogP contribution in [0.3, 0.4) is 0 Å². The number of aryl methyl sites for hydroxylation is 1. The summed E-state index contributed by atoms with van der Waals surface area (Å²) in [6.45, 7) is 4.53. The summed E-state index contributed by atoms with van der Waals surface area (Å²) in [6, 6.07) is 7.47. The third kappa shape index (κ3) is 3.01.